The lowest BCUT2D eigenvalue weighted by molar-refractivity contribution is 0.475. The van der Waals surface area contributed by atoms with E-state index in [2.05, 4.69) is 10.3 Å². The molecule has 0 fully saturated rings. The molecule has 0 saturated carbocycles. The molecule has 1 heterocycles. The van der Waals surface area contributed by atoms with Gasteiger partial charge in [-0.25, -0.2) is 9.07 Å². The molecule has 0 aliphatic carbocycles. The van der Waals surface area contributed by atoms with Crippen molar-refractivity contribution in [3.05, 3.63) is 41.7 Å². The molecular formula is C10H11FN4. The maximum absolute atomic E-state index is 12.2. The molecule has 0 saturated heterocycles. The van der Waals surface area contributed by atoms with E-state index in [1.54, 1.807) is 6.20 Å². The third kappa shape index (κ3) is 2.02. The lowest BCUT2D eigenvalue weighted by atomic mass is 10.2. The van der Waals surface area contributed by atoms with Gasteiger partial charge in [0.2, 0.25) is 0 Å². The van der Waals surface area contributed by atoms with Gasteiger partial charge in [0.05, 0.1) is 11.9 Å². The molecule has 0 atom stereocenters. The molecule has 1 aromatic carbocycles. The van der Waals surface area contributed by atoms with Crippen molar-refractivity contribution in [2.45, 2.75) is 13.2 Å². The van der Waals surface area contributed by atoms with E-state index in [1.165, 1.54) is 4.68 Å². The second kappa shape index (κ2) is 4.18. The van der Waals surface area contributed by atoms with Gasteiger partial charge in [0.15, 0.2) is 0 Å². The predicted octanol–water partition coefficient (Wildman–Crippen LogP) is 1.20. The zero-order valence-corrected chi connectivity index (χ0v) is 8.10. The van der Waals surface area contributed by atoms with Crippen LogP contribution in [-0.4, -0.2) is 15.0 Å². The second-order valence-corrected chi connectivity index (χ2v) is 3.16. The first-order valence-electron chi connectivity index (χ1n) is 4.60. The summed E-state index contributed by atoms with van der Waals surface area (Å²) in [5.41, 5.74) is 7.70. The number of nitrogens with zero attached hydrogens (tertiary/aromatic N) is 3. The number of aromatic nitrogens is 3. The van der Waals surface area contributed by atoms with Gasteiger partial charge in [0, 0.05) is 6.54 Å². The SMILES string of the molecule is NCc1ccc(-n2cc(CF)nn2)cc1. The van der Waals surface area contributed by atoms with Crippen LogP contribution >= 0.6 is 0 Å². The average Bonchev–Trinajstić information content (AvgIpc) is 2.78. The largest absolute Gasteiger partial charge is 0.326 e. The van der Waals surface area contributed by atoms with Crippen molar-refractivity contribution in [1.82, 2.24) is 15.0 Å². The van der Waals surface area contributed by atoms with Crippen molar-refractivity contribution >= 4 is 0 Å². The number of benzene rings is 1. The standard InChI is InChI=1S/C10H11FN4/c11-5-9-7-15(14-13-9)10-3-1-8(6-12)2-4-10/h1-4,7H,5-6,12H2. The molecule has 0 bridgehead atoms. The first kappa shape index (κ1) is 9.79. The fraction of sp³-hybridized carbons (Fsp3) is 0.200. The molecule has 4 nitrogen and oxygen atoms in total. The van der Waals surface area contributed by atoms with Crippen LogP contribution in [0.2, 0.25) is 0 Å². The lowest BCUT2D eigenvalue weighted by Gasteiger charge is -2.00. The average molecular weight is 206 g/mol. The van der Waals surface area contributed by atoms with Gasteiger partial charge >= 0.3 is 0 Å². The smallest absolute Gasteiger partial charge is 0.135 e. The van der Waals surface area contributed by atoms with Crippen LogP contribution in [0.25, 0.3) is 5.69 Å². The molecule has 2 rings (SSSR count). The number of hydrogen-bond donors (Lipinski definition) is 1. The Morgan fingerprint density at radius 3 is 2.53 bits per heavy atom. The van der Waals surface area contributed by atoms with E-state index in [0.29, 0.717) is 12.2 Å². The van der Waals surface area contributed by atoms with Crippen LogP contribution in [0, 0.1) is 0 Å². The molecule has 2 aromatic rings. The summed E-state index contributed by atoms with van der Waals surface area (Å²) in [6, 6.07) is 7.57. The highest BCUT2D eigenvalue weighted by Gasteiger charge is 2.01. The van der Waals surface area contributed by atoms with Crippen LogP contribution < -0.4 is 5.73 Å². The fourth-order valence-corrected chi connectivity index (χ4v) is 1.27. The summed E-state index contributed by atoms with van der Waals surface area (Å²) in [6.45, 7) is -0.0890. The highest BCUT2D eigenvalue weighted by molar-refractivity contribution is 5.33. The molecule has 78 valence electrons. The van der Waals surface area contributed by atoms with E-state index >= 15 is 0 Å². The van der Waals surface area contributed by atoms with Crippen LogP contribution in [0.4, 0.5) is 4.39 Å². The minimum Gasteiger partial charge on any atom is -0.326 e. The van der Waals surface area contributed by atoms with E-state index in [-0.39, 0.29) is 0 Å². The third-order valence-corrected chi connectivity index (χ3v) is 2.11. The number of alkyl halides is 1. The minimum absolute atomic E-state index is 0.331. The maximum atomic E-state index is 12.2. The first-order valence-corrected chi connectivity index (χ1v) is 4.60. The van der Waals surface area contributed by atoms with Crippen LogP contribution in [0.3, 0.4) is 0 Å². The van der Waals surface area contributed by atoms with Gasteiger partial charge in [-0.3, -0.25) is 0 Å². The van der Waals surface area contributed by atoms with E-state index in [0.717, 1.165) is 11.3 Å². The van der Waals surface area contributed by atoms with Gasteiger partial charge in [-0.15, -0.1) is 5.10 Å². The Labute approximate surface area is 86.5 Å². The highest BCUT2D eigenvalue weighted by atomic mass is 19.1. The molecule has 0 aliphatic heterocycles. The topological polar surface area (TPSA) is 56.7 Å². The molecule has 0 spiro atoms. The predicted molar refractivity (Wildman–Crippen MR) is 54.1 cm³/mol. The van der Waals surface area contributed by atoms with Gasteiger partial charge in [-0.05, 0) is 17.7 Å². The Morgan fingerprint density at radius 1 is 1.27 bits per heavy atom. The zero-order valence-electron chi connectivity index (χ0n) is 8.10. The highest BCUT2D eigenvalue weighted by Crippen LogP contribution is 2.09. The van der Waals surface area contributed by atoms with Gasteiger partial charge in [-0.1, -0.05) is 17.3 Å². The van der Waals surface area contributed by atoms with Crippen LogP contribution in [0.5, 0.6) is 0 Å². The molecule has 0 radical (unpaired) electrons. The van der Waals surface area contributed by atoms with Crippen LogP contribution in [0.1, 0.15) is 11.3 Å². The minimum atomic E-state index is -0.596. The van der Waals surface area contributed by atoms with Crippen molar-refractivity contribution in [3.8, 4) is 5.69 Å². The normalized spacial score (nSPS) is 10.5. The second-order valence-electron chi connectivity index (χ2n) is 3.16. The number of rotatable bonds is 3. The molecule has 0 aliphatic rings. The summed E-state index contributed by atoms with van der Waals surface area (Å²) >= 11 is 0. The Kier molecular flexibility index (Phi) is 2.73. The van der Waals surface area contributed by atoms with E-state index < -0.39 is 6.67 Å². The lowest BCUT2D eigenvalue weighted by Crippen LogP contribution is -1.98. The van der Waals surface area contributed by atoms with Crippen molar-refractivity contribution in [1.29, 1.82) is 0 Å². The summed E-state index contributed by atoms with van der Waals surface area (Å²) in [4.78, 5) is 0. The van der Waals surface area contributed by atoms with Crippen molar-refractivity contribution in [2.75, 3.05) is 0 Å². The summed E-state index contributed by atoms with van der Waals surface area (Å²) in [7, 11) is 0. The quantitative estimate of drug-likeness (QED) is 0.820. The number of nitrogens with two attached hydrogens (primary N) is 1. The summed E-state index contributed by atoms with van der Waals surface area (Å²) in [6.07, 6.45) is 1.57. The van der Waals surface area contributed by atoms with E-state index in [4.69, 9.17) is 5.73 Å². The Morgan fingerprint density at radius 2 is 2.00 bits per heavy atom. The van der Waals surface area contributed by atoms with Gasteiger partial charge in [-0.2, -0.15) is 0 Å². The monoisotopic (exact) mass is 206 g/mol. The van der Waals surface area contributed by atoms with Crippen molar-refractivity contribution in [2.24, 2.45) is 5.73 Å². The molecule has 15 heavy (non-hydrogen) atoms. The Bertz CT molecular complexity index is 435. The van der Waals surface area contributed by atoms with Gasteiger partial charge < -0.3 is 5.73 Å². The van der Waals surface area contributed by atoms with Gasteiger partial charge in [0.1, 0.15) is 12.4 Å². The maximum Gasteiger partial charge on any atom is 0.135 e. The van der Waals surface area contributed by atoms with Crippen LogP contribution in [-0.2, 0) is 13.2 Å². The summed E-state index contributed by atoms with van der Waals surface area (Å²) < 4.78 is 13.8. The Hall–Kier alpha value is -1.75. The molecule has 1 aromatic heterocycles. The first-order chi connectivity index (χ1) is 7.33. The molecule has 5 heteroatoms. The molecule has 2 N–H and O–H groups in total. The summed E-state index contributed by atoms with van der Waals surface area (Å²) in [5.74, 6) is 0. The van der Waals surface area contributed by atoms with Crippen molar-refractivity contribution < 1.29 is 4.39 Å². The summed E-state index contributed by atoms with van der Waals surface area (Å²) in [5, 5.41) is 7.48. The Balaban J connectivity index is 2.28. The molecule has 0 amide bonds. The number of hydrogen-bond acceptors (Lipinski definition) is 3. The van der Waals surface area contributed by atoms with E-state index in [9.17, 15) is 4.39 Å². The zero-order chi connectivity index (χ0) is 10.7. The van der Waals surface area contributed by atoms with Crippen LogP contribution in [0.15, 0.2) is 30.5 Å². The molecule has 0 unspecified atom stereocenters. The number of halogens is 1. The van der Waals surface area contributed by atoms with Crippen molar-refractivity contribution in [3.63, 3.8) is 0 Å². The van der Waals surface area contributed by atoms with Gasteiger partial charge in [0.25, 0.3) is 0 Å². The fourth-order valence-electron chi connectivity index (χ4n) is 1.27. The molecular weight excluding hydrogens is 195 g/mol. The van der Waals surface area contributed by atoms with E-state index in [1.807, 2.05) is 24.3 Å². The third-order valence-electron chi connectivity index (χ3n) is 2.11.